The lowest BCUT2D eigenvalue weighted by molar-refractivity contribution is 0.350. The minimum absolute atomic E-state index is 0.186. The van der Waals surface area contributed by atoms with E-state index in [4.69, 9.17) is 9.47 Å². The quantitative estimate of drug-likeness (QED) is 0.889. The van der Waals surface area contributed by atoms with E-state index in [1.165, 1.54) is 31.6 Å². The van der Waals surface area contributed by atoms with E-state index in [2.05, 4.69) is 15.5 Å². The van der Waals surface area contributed by atoms with Crippen molar-refractivity contribution in [2.75, 3.05) is 14.2 Å². The van der Waals surface area contributed by atoms with Gasteiger partial charge in [0.2, 0.25) is 0 Å². The van der Waals surface area contributed by atoms with Crippen LogP contribution in [-0.2, 0) is 6.54 Å². The zero-order valence-electron chi connectivity index (χ0n) is 12.4. The maximum absolute atomic E-state index is 14.1. The molecule has 21 heavy (non-hydrogen) atoms. The van der Waals surface area contributed by atoms with Crippen LogP contribution in [0.4, 0.5) is 4.39 Å². The third-order valence-corrected chi connectivity index (χ3v) is 3.94. The molecule has 0 amide bonds. The summed E-state index contributed by atoms with van der Waals surface area (Å²) in [6, 6.07) is 2.80. The van der Waals surface area contributed by atoms with Crippen molar-refractivity contribution >= 4 is 11.3 Å². The van der Waals surface area contributed by atoms with E-state index in [0.29, 0.717) is 23.6 Å². The Labute approximate surface area is 127 Å². The highest BCUT2D eigenvalue weighted by molar-refractivity contribution is 7.11. The van der Waals surface area contributed by atoms with E-state index in [1.54, 1.807) is 6.07 Å². The Bertz CT molecular complexity index is 618. The van der Waals surface area contributed by atoms with Crippen molar-refractivity contribution in [3.63, 3.8) is 0 Å². The number of aryl methyl sites for hydroxylation is 1. The Kier molecular flexibility index (Phi) is 5.08. The number of aromatic nitrogens is 2. The second-order valence-electron chi connectivity index (χ2n) is 4.55. The first kappa shape index (κ1) is 15.7. The third kappa shape index (κ3) is 3.68. The van der Waals surface area contributed by atoms with E-state index in [0.717, 1.165) is 10.0 Å². The Morgan fingerprint density at radius 3 is 2.48 bits per heavy atom. The summed E-state index contributed by atoms with van der Waals surface area (Å²) >= 11 is 1.52. The van der Waals surface area contributed by atoms with Gasteiger partial charge in [-0.25, -0.2) is 4.39 Å². The summed E-state index contributed by atoms with van der Waals surface area (Å²) in [5.41, 5.74) is 0.522. The van der Waals surface area contributed by atoms with Crippen molar-refractivity contribution in [2.45, 2.75) is 26.4 Å². The lowest BCUT2D eigenvalue weighted by atomic mass is 10.1. The number of methoxy groups -OCH3 is 2. The Morgan fingerprint density at radius 2 is 1.90 bits per heavy atom. The first-order valence-corrected chi connectivity index (χ1v) is 7.30. The van der Waals surface area contributed by atoms with Gasteiger partial charge in [-0.2, -0.15) is 0 Å². The molecule has 0 saturated heterocycles. The summed E-state index contributed by atoms with van der Waals surface area (Å²) in [6.07, 6.45) is 0. The molecule has 0 saturated carbocycles. The molecule has 0 bridgehead atoms. The summed E-state index contributed by atoms with van der Waals surface area (Å²) < 4.78 is 24.4. The predicted molar refractivity (Wildman–Crippen MR) is 79.4 cm³/mol. The van der Waals surface area contributed by atoms with Crippen LogP contribution in [0.1, 0.15) is 28.5 Å². The average Bonchev–Trinajstić information content (AvgIpc) is 2.90. The molecule has 0 aliphatic heterocycles. The molecular formula is C14H18FN3O2S. The fourth-order valence-corrected chi connectivity index (χ4v) is 2.62. The van der Waals surface area contributed by atoms with Crippen LogP contribution in [0.5, 0.6) is 11.5 Å². The number of halogens is 1. The molecule has 0 unspecified atom stereocenters. The van der Waals surface area contributed by atoms with Gasteiger partial charge in [0, 0.05) is 17.7 Å². The summed E-state index contributed by atoms with van der Waals surface area (Å²) in [4.78, 5) is 0. The van der Waals surface area contributed by atoms with Crippen molar-refractivity contribution < 1.29 is 13.9 Å². The predicted octanol–water partition coefficient (Wildman–Crippen LogP) is 2.85. The number of benzene rings is 1. The number of hydrogen-bond acceptors (Lipinski definition) is 6. The van der Waals surface area contributed by atoms with Gasteiger partial charge in [-0.3, -0.25) is 0 Å². The fourth-order valence-electron chi connectivity index (χ4n) is 1.96. The van der Waals surface area contributed by atoms with Crippen LogP contribution in [0.25, 0.3) is 0 Å². The molecule has 0 aliphatic carbocycles. The maximum atomic E-state index is 14.1. The topological polar surface area (TPSA) is 56.3 Å². The minimum atomic E-state index is -0.332. The van der Waals surface area contributed by atoms with Crippen LogP contribution in [0, 0.1) is 12.7 Å². The molecule has 0 spiro atoms. The lowest BCUT2D eigenvalue weighted by Gasteiger charge is -2.16. The normalized spacial score (nSPS) is 12.2. The molecule has 2 rings (SSSR count). The number of hydrogen-bond donors (Lipinski definition) is 1. The smallest absolute Gasteiger partial charge is 0.163 e. The van der Waals surface area contributed by atoms with Crippen LogP contribution in [0.3, 0.4) is 0 Å². The maximum Gasteiger partial charge on any atom is 0.163 e. The number of rotatable bonds is 6. The van der Waals surface area contributed by atoms with Gasteiger partial charge in [0.05, 0.1) is 20.8 Å². The molecule has 1 atom stereocenters. The first-order valence-electron chi connectivity index (χ1n) is 6.49. The van der Waals surface area contributed by atoms with Gasteiger partial charge in [-0.15, -0.1) is 21.5 Å². The highest BCUT2D eigenvalue weighted by Crippen LogP contribution is 2.32. The van der Waals surface area contributed by atoms with Crippen molar-refractivity contribution in [1.29, 1.82) is 0 Å². The zero-order valence-corrected chi connectivity index (χ0v) is 13.3. The molecule has 1 aromatic heterocycles. The Balaban J connectivity index is 2.12. The van der Waals surface area contributed by atoms with Gasteiger partial charge in [0.25, 0.3) is 0 Å². The first-order chi connectivity index (χ1) is 10.0. The van der Waals surface area contributed by atoms with Gasteiger partial charge < -0.3 is 14.8 Å². The van der Waals surface area contributed by atoms with Crippen molar-refractivity contribution in [2.24, 2.45) is 0 Å². The van der Waals surface area contributed by atoms with Crippen molar-refractivity contribution in [1.82, 2.24) is 15.5 Å². The number of nitrogens with one attached hydrogen (secondary N) is 1. The molecule has 5 nitrogen and oxygen atoms in total. The summed E-state index contributed by atoms with van der Waals surface area (Å²) in [5, 5.41) is 13.0. The van der Waals surface area contributed by atoms with Crippen LogP contribution in [0.2, 0.25) is 0 Å². The van der Waals surface area contributed by atoms with Crippen molar-refractivity contribution in [3.05, 3.63) is 33.5 Å². The summed E-state index contributed by atoms with van der Waals surface area (Å²) in [7, 11) is 3.01. The largest absolute Gasteiger partial charge is 0.493 e. The third-order valence-electron chi connectivity index (χ3n) is 3.10. The van der Waals surface area contributed by atoms with Crippen LogP contribution in [0.15, 0.2) is 12.1 Å². The lowest BCUT2D eigenvalue weighted by Crippen LogP contribution is -2.19. The monoisotopic (exact) mass is 311 g/mol. The molecule has 114 valence electrons. The average molecular weight is 311 g/mol. The Morgan fingerprint density at radius 1 is 1.24 bits per heavy atom. The SMILES string of the molecule is COc1cc(F)c([C@@H](C)NCc2nnc(C)s2)cc1OC. The molecule has 2 aromatic rings. The van der Waals surface area contributed by atoms with Gasteiger partial charge in [-0.05, 0) is 19.9 Å². The van der Waals surface area contributed by atoms with Crippen LogP contribution in [-0.4, -0.2) is 24.4 Å². The molecule has 1 heterocycles. The van der Waals surface area contributed by atoms with Gasteiger partial charge in [0.1, 0.15) is 15.8 Å². The van der Waals surface area contributed by atoms with E-state index in [1.807, 2.05) is 13.8 Å². The van der Waals surface area contributed by atoms with Crippen LogP contribution < -0.4 is 14.8 Å². The molecule has 0 radical (unpaired) electrons. The highest BCUT2D eigenvalue weighted by Gasteiger charge is 2.16. The standard InChI is InChI=1S/C14H18FN3O2S/c1-8(16-7-14-18-17-9(2)21-14)10-5-12(19-3)13(20-4)6-11(10)15/h5-6,8,16H,7H2,1-4H3/t8-/m1/s1. The van der Waals surface area contributed by atoms with E-state index in [9.17, 15) is 4.39 Å². The second kappa shape index (κ2) is 6.82. The number of nitrogens with zero attached hydrogens (tertiary/aromatic N) is 2. The van der Waals surface area contributed by atoms with Crippen molar-refractivity contribution in [3.8, 4) is 11.5 Å². The van der Waals surface area contributed by atoms with E-state index in [-0.39, 0.29) is 11.9 Å². The molecule has 7 heteroatoms. The van der Waals surface area contributed by atoms with Gasteiger partial charge >= 0.3 is 0 Å². The van der Waals surface area contributed by atoms with Gasteiger partial charge in [0.15, 0.2) is 11.5 Å². The van der Waals surface area contributed by atoms with Crippen LogP contribution >= 0.6 is 11.3 Å². The minimum Gasteiger partial charge on any atom is -0.493 e. The zero-order chi connectivity index (χ0) is 15.4. The second-order valence-corrected chi connectivity index (χ2v) is 5.81. The summed E-state index contributed by atoms with van der Waals surface area (Å²) in [5.74, 6) is 0.557. The number of ether oxygens (including phenoxy) is 2. The van der Waals surface area contributed by atoms with Gasteiger partial charge in [-0.1, -0.05) is 0 Å². The summed E-state index contributed by atoms with van der Waals surface area (Å²) in [6.45, 7) is 4.33. The fraction of sp³-hybridized carbons (Fsp3) is 0.429. The Hall–Kier alpha value is -1.73. The van der Waals surface area contributed by atoms with E-state index >= 15 is 0 Å². The molecular weight excluding hydrogens is 293 g/mol. The highest BCUT2D eigenvalue weighted by atomic mass is 32.1. The molecule has 1 aromatic carbocycles. The molecule has 1 N–H and O–H groups in total. The van der Waals surface area contributed by atoms with E-state index < -0.39 is 0 Å². The molecule has 0 aliphatic rings. The molecule has 0 fully saturated rings.